The maximum atomic E-state index is 12.4. The van der Waals surface area contributed by atoms with Crippen LogP contribution < -0.4 is 10.5 Å². The van der Waals surface area contributed by atoms with Crippen molar-refractivity contribution in [3.8, 4) is 0 Å². The number of hydrogen-bond acceptors (Lipinski definition) is 4. The van der Waals surface area contributed by atoms with E-state index >= 15 is 0 Å². The van der Waals surface area contributed by atoms with E-state index in [0.717, 1.165) is 24.1 Å². The lowest BCUT2D eigenvalue weighted by molar-refractivity contribution is 0.453. The van der Waals surface area contributed by atoms with Gasteiger partial charge >= 0.3 is 0 Å². The third-order valence-electron chi connectivity index (χ3n) is 3.85. The third kappa shape index (κ3) is 4.42. The van der Waals surface area contributed by atoms with Crippen molar-refractivity contribution in [1.29, 1.82) is 0 Å². The zero-order valence-electron chi connectivity index (χ0n) is 12.8. The van der Waals surface area contributed by atoms with Gasteiger partial charge in [0.15, 0.2) is 0 Å². The van der Waals surface area contributed by atoms with Crippen molar-refractivity contribution < 1.29 is 8.42 Å². The van der Waals surface area contributed by atoms with E-state index in [-0.39, 0.29) is 29.8 Å². The Bertz CT molecular complexity index is 564. The van der Waals surface area contributed by atoms with Gasteiger partial charge in [0.25, 0.3) is 0 Å². The number of nitrogens with one attached hydrogen (secondary N) is 1. The smallest absolute Gasteiger partial charge is 0.250 e. The Morgan fingerprint density at radius 3 is 2.52 bits per heavy atom. The molecule has 1 aliphatic rings. The second-order valence-corrected chi connectivity index (χ2v) is 9.55. The van der Waals surface area contributed by atoms with Crippen LogP contribution in [0.25, 0.3) is 0 Å². The van der Waals surface area contributed by atoms with Gasteiger partial charge in [-0.2, -0.15) is 0 Å². The predicted molar refractivity (Wildman–Crippen MR) is 90.8 cm³/mol. The van der Waals surface area contributed by atoms with Crippen LogP contribution in [0.1, 0.15) is 44.9 Å². The van der Waals surface area contributed by atoms with Crippen molar-refractivity contribution in [1.82, 2.24) is 4.72 Å². The Hall–Kier alpha value is -0.140. The van der Waals surface area contributed by atoms with Gasteiger partial charge in [-0.15, -0.1) is 23.7 Å². The summed E-state index contributed by atoms with van der Waals surface area (Å²) in [5.74, 6) is 0.270. The zero-order valence-corrected chi connectivity index (χ0v) is 15.2. The molecule has 1 aromatic rings. The molecule has 1 fully saturated rings. The molecule has 0 saturated heterocycles. The topological polar surface area (TPSA) is 72.2 Å². The van der Waals surface area contributed by atoms with Crippen LogP contribution in [0.15, 0.2) is 16.3 Å². The summed E-state index contributed by atoms with van der Waals surface area (Å²) in [6.45, 7) is 6.81. The molecule has 1 aromatic heterocycles. The van der Waals surface area contributed by atoms with Crippen molar-refractivity contribution in [2.45, 2.75) is 55.7 Å². The molecule has 1 heterocycles. The molecule has 3 N–H and O–H groups in total. The predicted octanol–water partition coefficient (Wildman–Crippen LogP) is 2.87. The number of halogens is 1. The molecule has 21 heavy (non-hydrogen) atoms. The minimum absolute atomic E-state index is 0. The van der Waals surface area contributed by atoms with E-state index in [4.69, 9.17) is 5.73 Å². The van der Waals surface area contributed by atoms with Crippen molar-refractivity contribution >= 4 is 33.8 Å². The average molecular weight is 353 g/mol. The maximum Gasteiger partial charge on any atom is 0.250 e. The van der Waals surface area contributed by atoms with Gasteiger partial charge in [-0.25, -0.2) is 13.1 Å². The number of nitrogens with two attached hydrogens (primary N) is 1. The summed E-state index contributed by atoms with van der Waals surface area (Å²) in [5, 5.41) is 0. The lowest BCUT2D eigenvalue weighted by Crippen LogP contribution is -2.39. The van der Waals surface area contributed by atoms with E-state index in [1.807, 2.05) is 6.07 Å². The lowest BCUT2D eigenvalue weighted by atomic mass is 9.95. The highest BCUT2D eigenvalue weighted by Gasteiger charge is 2.31. The molecule has 0 aromatic carbocycles. The SMILES string of the molecule is CC(C)(C)c1ccc(S(=O)(=O)NC2CCCC2CN)s1.Cl. The molecule has 7 heteroatoms. The number of rotatable bonds is 4. The van der Waals surface area contributed by atoms with E-state index in [1.165, 1.54) is 11.3 Å². The summed E-state index contributed by atoms with van der Waals surface area (Å²) < 4.78 is 28.1. The van der Waals surface area contributed by atoms with Crippen LogP contribution in [-0.2, 0) is 15.4 Å². The van der Waals surface area contributed by atoms with E-state index in [9.17, 15) is 8.42 Å². The molecule has 1 saturated carbocycles. The molecule has 4 nitrogen and oxygen atoms in total. The molecule has 122 valence electrons. The fourth-order valence-corrected chi connectivity index (χ4v) is 5.32. The van der Waals surface area contributed by atoms with Crippen LogP contribution in [0, 0.1) is 5.92 Å². The first kappa shape index (κ1) is 18.9. The minimum Gasteiger partial charge on any atom is -0.330 e. The van der Waals surface area contributed by atoms with Gasteiger partial charge in [-0.1, -0.05) is 27.2 Å². The summed E-state index contributed by atoms with van der Waals surface area (Å²) in [6.07, 6.45) is 2.95. The molecule has 2 unspecified atom stereocenters. The fraction of sp³-hybridized carbons (Fsp3) is 0.714. The van der Waals surface area contributed by atoms with Crippen molar-refractivity contribution in [3.63, 3.8) is 0 Å². The largest absolute Gasteiger partial charge is 0.330 e. The minimum atomic E-state index is -3.41. The molecule has 0 radical (unpaired) electrons. The van der Waals surface area contributed by atoms with Crippen LogP contribution in [0.2, 0.25) is 0 Å². The molecular weight excluding hydrogens is 328 g/mol. The van der Waals surface area contributed by atoms with Gasteiger partial charge in [0.1, 0.15) is 4.21 Å². The molecule has 1 aliphatic carbocycles. The molecule has 2 atom stereocenters. The van der Waals surface area contributed by atoms with Gasteiger partial charge in [0.2, 0.25) is 10.0 Å². The molecule has 0 bridgehead atoms. The first-order valence-electron chi connectivity index (χ1n) is 7.07. The second-order valence-electron chi connectivity index (χ2n) is 6.52. The van der Waals surface area contributed by atoms with Crippen LogP contribution in [0.4, 0.5) is 0 Å². The quantitative estimate of drug-likeness (QED) is 0.875. The van der Waals surface area contributed by atoms with Gasteiger partial charge in [0, 0.05) is 10.9 Å². The van der Waals surface area contributed by atoms with Crippen molar-refractivity contribution in [2.24, 2.45) is 11.7 Å². The van der Waals surface area contributed by atoms with E-state index in [2.05, 4.69) is 25.5 Å². The molecule has 0 aliphatic heterocycles. The third-order valence-corrected chi connectivity index (χ3v) is 7.35. The Morgan fingerprint density at radius 2 is 2.00 bits per heavy atom. The Labute approximate surface area is 138 Å². The second kappa shape index (κ2) is 6.96. The van der Waals surface area contributed by atoms with Gasteiger partial charge in [0.05, 0.1) is 0 Å². The van der Waals surface area contributed by atoms with E-state index in [1.54, 1.807) is 6.07 Å². The first-order valence-corrected chi connectivity index (χ1v) is 9.37. The highest BCUT2D eigenvalue weighted by Crippen LogP contribution is 2.33. The maximum absolute atomic E-state index is 12.4. The number of hydrogen-bond donors (Lipinski definition) is 2. The summed E-state index contributed by atoms with van der Waals surface area (Å²) in [6, 6.07) is 3.61. The normalized spacial score (nSPS) is 23.0. The highest BCUT2D eigenvalue weighted by molar-refractivity contribution is 7.91. The summed E-state index contributed by atoms with van der Waals surface area (Å²) >= 11 is 1.36. The molecule has 0 spiro atoms. The Balaban J connectivity index is 0.00000220. The molecule has 2 rings (SSSR count). The van der Waals surface area contributed by atoms with Crippen LogP contribution in [-0.4, -0.2) is 21.0 Å². The fourth-order valence-electron chi connectivity index (χ4n) is 2.60. The monoisotopic (exact) mass is 352 g/mol. The van der Waals surface area contributed by atoms with Gasteiger partial charge in [-0.05, 0) is 42.9 Å². The molecular formula is C14H25ClN2O2S2. The standard InChI is InChI=1S/C14H24N2O2S2.ClH/c1-14(2,3)12-7-8-13(19-12)20(17,18)16-11-6-4-5-10(11)9-15;/h7-8,10-11,16H,4-6,9,15H2,1-3H3;1H. The summed E-state index contributed by atoms with van der Waals surface area (Å²) in [4.78, 5) is 1.08. The highest BCUT2D eigenvalue weighted by atomic mass is 35.5. The lowest BCUT2D eigenvalue weighted by Gasteiger charge is -2.19. The first-order chi connectivity index (χ1) is 9.24. The zero-order chi connectivity index (χ0) is 15.0. The summed E-state index contributed by atoms with van der Waals surface area (Å²) in [5.41, 5.74) is 5.69. The van der Waals surface area contributed by atoms with Crippen molar-refractivity contribution in [2.75, 3.05) is 6.54 Å². The van der Waals surface area contributed by atoms with Crippen LogP contribution in [0.3, 0.4) is 0 Å². The average Bonchev–Trinajstić information content (AvgIpc) is 2.94. The van der Waals surface area contributed by atoms with Crippen LogP contribution in [0.5, 0.6) is 0 Å². The Morgan fingerprint density at radius 1 is 1.33 bits per heavy atom. The number of thiophene rings is 1. The number of sulfonamides is 1. The molecule has 0 amide bonds. The Kier molecular flexibility index (Phi) is 6.27. The van der Waals surface area contributed by atoms with Crippen molar-refractivity contribution in [3.05, 3.63) is 17.0 Å². The van der Waals surface area contributed by atoms with Gasteiger partial charge in [-0.3, -0.25) is 0 Å². The van der Waals surface area contributed by atoms with E-state index < -0.39 is 10.0 Å². The van der Waals surface area contributed by atoms with Crippen LogP contribution >= 0.6 is 23.7 Å². The van der Waals surface area contributed by atoms with Gasteiger partial charge < -0.3 is 5.73 Å². The van der Waals surface area contributed by atoms with E-state index in [0.29, 0.717) is 10.8 Å². The summed E-state index contributed by atoms with van der Waals surface area (Å²) in [7, 11) is -3.41.